The first-order chi connectivity index (χ1) is 17.7. The minimum atomic E-state index is -3.48. The number of hydrogen-bond donors (Lipinski definition) is 3. The minimum Gasteiger partial charge on any atom is -0.444 e. The first kappa shape index (κ1) is 48.0. The maximum atomic E-state index is 11.3. The van der Waals surface area contributed by atoms with Crippen molar-refractivity contribution in [1.29, 1.82) is 0 Å². The summed E-state index contributed by atoms with van der Waals surface area (Å²) in [6.07, 6.45) is -0.145. The summed E-state index contributed by atoms with van der Waals surface area (Å²) in [5.41, 5.74) is -1.07. The van der Waals surface area contributed by atoms with Crippen molar-refractivity contribution in [3.05, 3.63) is 0 Å². The van der Waals surface area contributed by atoms with Crippen LogP contribution in [0.2, 0.25) is 0 Å². The highest BCUT2D eigenvalue weighted by Crippen LogP contribution is 3.16. The number of ether oxygens (including phenoxy) is 2. The van der Waals surface area contributed by atoms with E-state index in [4.69, 9.17) is 14.6 Å². The minimum absolute atomic E-state index is 0.0841. The van der Waals surface area contributed by atoms with Gasteiger partial charge in [0.2, 0.25) is 0 Å². The van der Waals surface area contributed by atoms with Crippen molar-refractivity contribution < 1.29 is 36.8 Å². The largest absolute Gasteiger partial charge is 0.444 e. The summed E-state index contributed by atoms with van der Waals surface area (Å²) < 4.78 is 35.8. The van der Waals surface area contributed by atoms with Gasteiger partial charge in [0.05, 0.1) is 31.6 Å². The Labute approximate surface area is 264 Å². The molecule has 40 heavy (non-hydrogen) atoms. The smallest absolute Gasteiger partial charge is 0.407 e. The fraction of sp³-hybridized carbons (Fsp3) is 0.882. The summed E-state index contributed by atoms with van der Waals surface area (Å²) in [7, 11) is 17.5. The third kappa shape index (κ3) is 32.9. The second-order valence-corrected chi connectivity index (χ2v) is 56.6. The summed E-state index contributed by atoms with van der Waals surface area (Å²) in [4.78, 5) is 22.2. The quantitative estimate of drug-likeness (QED) is 0.148. The number of carbonyl (C=O) groups is 2. The fourth-order valence-electron chi connectivity index (χ4n) is 1.75. The van der Waals surface area contributed by atoms with Gasteiger partial charge in [0.15, 0.2) is 0 Å². The van der Waals surface area contributed by atoms with E-state index in [0.717, 1.165) is 6.26 Å². The zero-order valence-electron chi connectivity index (χ0n) is 24.6. The average Bonchev–Trinajstić information content (AvgIpc) is 2.69. The fourth-order valence-corrected chi connectivity index (χ4v) is 105. The van der Waals surface area contributed by atoms with Crippen LogP contribution in [-0.4, -0.2) is 68.5 Å². The Morgan fingerprint density at radius 2 is 1.12 bits per heavy atom. The molecular formula is C17H50N2O8P12S. The molecule has 0 aliphatic rings. The SMILES string of the molecule is C[C@@H](CO)NC(=O)OC(C)(C)C.C[C@@H](COS(C)(=O)=O)NC(=O)OC(C)(C)C.PP(P)P(P)P(P(P)P)P(P)P. The summed E-state index contributed by atoms with van der Waals surface area (Å²) in [5.74, 6) is 0. The van der Waals surface area contributed by atoms with Crippen LogP contribution in [0.15, 0.2) is 0 Å². The molecule has 23 heteroatoms. The lowest BCUT2D eigenvalue weighted by atomic mass is 10.2. The number of nitrogens with one attached hydrogen (secondary N) is 2. The third-order valence-corrected chi connectivity index (χ3v) is 70.4. The lowest BCUT2D eigenvalue weighted by Gasteiger charge is -2.32. The Balaban J connectivity index is -0.000000522. The van der Waals surface area contributed by atoms with E-state index in [1.807, 2.05) is 0 Å². The van der Waals surface area contributed by atoms with E-state index in [1.165, 1.54) is 0 Å². The van der Waals surface area contributed by atoms with Crippen LogP contribution in [0, 0.1) is 0 Å². The first-order valence-electron chi connectivity index (χ1n) is 11.4. The van der Waals surface area contributed by atoms with E-state index in [-0.39, 0.29) is 54.2 Å². The molecule has 242 valence electrons. The van der Waals surface area contributed by atoms with Crippen LogP contribution in [0.5, 0.6) is 0 Å². The first-order valence-corrected chi connectivity index (χ1v) is 34.1. The van der Waals surface area contributed by atoms with E-state index in [2.05, 4.69) is 77.3 Å². The topological polar surface area (TPSA) is 140 Å². The van der Waals surface area contributed by atoms with E-state index < -0.39 is 39.5 Å². The second kappa shape index (κ2) is 23.8. The molecule has 0 aliphatic carbocycles. The number of aliphatic hydroxyl groups excluding tert-OH is 1. The van der Waals surface area contributed by atoms with Crippen LogP contribution in [0.4, 0.5) is 9.59 Å². The number of carbonyl (C=O) groups excluding carboxylic acids is 2. The Kier molecular flexibility index (Phi) is 28.6. The molecule has 0 spiro atoms. The molecule has 0 aromatic rings. The second-order valence-electron chi connectivity index (χ2n) is 9.99. The van der Waals surface area contributed by atoms with Crippen LogP contribution in [0.25, 0.3) is 0 Å². The zero-order chi connectivity index (χ0) is 32.6. The zero-order valence-corrected chi connectivity index (χ0v) is 37.9. The molecule has 0 aromatic heterocycles. The van der Waals surface area contributed by atoms with Gasteiger partial charge in [-0.25, -0.2) is 9.59 Å². The van der Waals surface area contributed by atoms with Crippen molar-refractivity contribution >= 4 is 120 Å². The maximum Gasteiger partial charge on any atom is 0.407 e. The lowest BCUT2D eigenvalue weighted by Crippen LogP contribution is -2.40. The van der Waals surface area contributed by atoms with Crippen molar-refractivity contribution in [3.8, 4) is 0 Å². The van der Waals surface area contributed by atoms with Crippen LogP contribution in [-0.2, 0) is 23.8 Å². The van der Waals surface area contributed by atoms with Gasteiger partial charge in [0, 0.05) is 0 Å². The molecule has 0 aliphatic heterocycles. The van der Waals surface area contributed by atoms with Crippen molar-refractivity contribution in [1.82, 2.24) is 10.6 Å². The number of aliphatic hydroxyl groups is 1. The monoisotopic (exact) mass is 814 g/mol. The van der Waals surface area contributed by atoms with Gasteiger partial charge in [-0.3, -0.25) is 4.18 Å². The summed E-state index contributed by atoms with van der Waals surface area (Å²) in [6, 6.07) is -0.704. The van der Waals surface area contributed by atoms with Gasteiger partial charge in [0.1, 0.15) is 11.2 Å². The van der Waals surface area contributed by atoms with Gasteiger partial charge in [-0.05, 0) is 90.3 Å². The predicted octanol–water partition coefficient (Wildman–Crippen LogP) is 8.35. The van der Waals surface area contributed by atoms with Gasteiger partial charge in [0.25, 0.3) is 10.1 Å². The molecule has 0 heterocycles. The van der Waals surface area contributed by atoms with Gasteiger partial charge in [-0.15, -0.1) is 62.5 Å². The van der Waals surface area contributed by atoms with E-state index in [9.17, 15) is 18.0 Å². The highest BCUT2D eigenvalue weighted by molar-refractivity contribution is 9.21. The Morgan fingerprint density at radius 3 is 1.35 bits per heavy atom. The molecule has 10 atom stereocenters. The van der Waals surface area contributed by atoms with Crippen LogP contribution < -0.4 is 10.6 Å². The van der Waals surface area contributed by atoms with Gasteiger partial charge >= 0.3 is 12.2 Å². The van der Waals surface area contributed by atoms with Gasteiger partial charge in [-0.1, -0.05) is 0 Å². The Morgan fingerprint density at radius 1 is 0.775 bits per heavy atom. The number of hydrogen-bond acceptors (Lipinski definition) is 8. The third-order valence-electron chi connectivity index (χ3n) is 3.17. The van der Waals surface area contributed by atoms with Crippen molar-refractivity contribution in [2.24, 2.45) is 0 Å². The summed E-state index contributed by atoms with van der Waals surface area (Å²) in [5, 5.41) is 13.5. The van der Waals surface area contributed by atoms with Gasteiger partial charge in [-0.2, -0.15) is 8.42 Å². The normalized spacial score (nSPS) is 14.4. The Bertz CT molecular complexity index is 820. The highest BCUT2D eigenvalue weighted by Gasteiger charge is 2.26. The molecule has 10 nitrogen and oxygen atoms in total. The van der Waals surface area contributed by atoms with Crippen LogP contribution >= 0.6 is 97.4 Å². The molecule has 0 aromatic carbocycles. The molecule has 0 saturated heterocycles. The number of rotatable bonds is 10. The molecule has 2 amide bonds. The van der Waals surface area contributed by atoms with Crippen molar-refractivity contribution in [2.75, 3.05) is 19.5 Å². The molecule has 8 unspecified atom stereocenters. The lowest BCUT2D eigenvalue weighted by molar-refractivity contribution is 0.0481. The van der Waals surface area contributed by atoms with Crippen LogP contribution in [0.1, 0.15) is 55.4 Å². The van der Waals surface area contributed by atoms with E-state index >= 15 is 0 Å². The van der Waals surface area contributed by atoms with E-state index in [0.29, 0.717) is 0 Å². The van der Waals surface area contributed by atoms with Crippen molar-refractivity contribution in [3.63, 3.8) is 0 Å². The molecule has 0 radical (unpaired) electrons. The molecule has 0 saturated carbocycles. The number of amides is 2. The summed E-state index contributed by atoms with van der Waals surface area (Å²) in [6.45, 7) is 14.4. The molecule has 3 N–H and O–H groups in total. The maximum absolute atomic E-state index is 11.3. The number of alkyl carbamates (subject to hydrolysis) is 2. The summed E-state index contributed by atoms with van der Waals surface area (Å²) >= 11 is 0. The van der Waals surface area contributed by atoms with Crippen LogP contribution in [0.3, 0.4) is 0 Å². The van der Waals surface area contributed by atoms with Gasteiger partial charge < -0.3 is 25.2 Å². The molecule has 0 fully saturated rings. The predicted molar refractivity (Wildman–Crippen MR) is 208 cm³/mol. The standard InChI is InChI=1S/C9H19NO5S.C8H17NO3.H14P12/c1-7(6-14-16(5,12)13)10-8(11)15-9(2,3)4;1-6(5-10)9-7(11)12-8(2,3)4;1-8(2)11(7)12(9(3)4)10(5)6/h7H,6H2,1-5H3,(H,10,11);6,10H,5H2,1-4H3,(H,9,11);1-7H2/t7-;6-;/m00./s1. The highest BCUT2D eigenvalue weighted by atomic mass is 33.3. The average molecular weight is 814 g/mol. The van der Waals surface area contributed by atoms with E-state index in [1.54, 1.807) is 55.4 Å². The Hall–Kier alpha value is 3.57. The molecule has 0 bridgehead atoms. The molecular weight excluding hydrogens is 764 g/mol. The van der Waals surface area contributed by atoms with Crippen molar-refractivity contribution in [2.45, 2.75) is 78.7 Å². The molecule has 0 rings (SSSR count).